The standard InChI is InChI=1S/C23H26F3N3O4/c1-27-11-12-29-19-6-4-5-18(23(24,25)26)17(19)13-16(14-7-9-15(32-3)10-8-14)20(21(29)30)33-22(31)28-2/h4-10,16,20,27H,11-13H2,1-3H3,(H,28,31)/t16-,20+/m0/s1. The fourth-order valence-electron chi connectivity index (χ4n) is 3.98. The summed E-state index contributed by atoms with van der Waals surface area (Å²) in [5, 5.41) is 5.22. The van der Waals surface area contributed by atoms with Crippen molar-refractivity contribution in [3.63, 3.8) is 0 Å². The molecule has 0 aromatic heterocycles. The third-order valence-corrected chi connectivity index (χ3v) is 5.61. The summed E-state index contributed by atoms with van der Waals surface area (Å²) in [7, 11) is 4.52. The zero-order chi connectivity index (χ0) is 24.2. The van der Waals surface area contributed by atoms with Crippen molar-refractivity contribution < 1.29 is 32.2 Å². The topological polar surface area (TPSA) is 79.9 Å². The summed E-state index contributed by atoms with van der Waals surface area (Å²) in [6.07, 6.45) is -6.94. The number of halogens is 3. The fourth-order valence-corrected chi connectivity index (χ4v) is 3.98. The van der Waals surface area contributed by atoms with Crippen LogP contribution < -0.4 is 20.3 Å². The van der Waals surface area contributed by atoms with Crippen molar-refractivity contribution in [3.8, 4) is 5.75 Å². The Labute approximate surface area is 189 Å². The minimum Gasteiger partial charge on any atom is -0.497 e. The van der Waals surface area contributed by atoms with E-state index in [4.69, 9.17) is 9.47 Å². The van der Waals surface area contributed by atoms with Gasteiger partial charge in [0.1, 0.15) is 5.75 Å². The summed E-state index contributed by atoms with van der Waals surface area (Å²) in [4.78, 5) is 27.0. The number of ether oxygens (including phenoxy) is 2. The lowest BCUT2D eigenvalue weighted by Crippen LogP contribution is -2.46. The van der Waals surface area contributed by atoms with Crippen molar-refractivity contribution in [3.05, 3.63) is 59.2 Å². The summed E-state index contributed by atoms with van der Waals surface area (Å²) in [5.74, 6) is -0.884. The monoisotopic (exact) mass is 465 g/mol. The van der Waals surface area contributed by atoms with Crippen molar-refractivity contribution in [1.82, 2.24) is 10.6 Å². The van der Waals surface area contributed by atoms with Crippen LogP contribution in [0.2, 0.25) is 0 Å². The SMILES string of the molecule is CNCCN1C(=O)[C@H](OC(=O)NC)[C@H](c2ccc(OC)cc2)Cc2c1cccc2C(F)(F)F. The summed E-state index contributed by atoms with van der Waals surface area (Å²) in [5.41, 5.74) is -0.123. The first-order valence-electron chi connectivity index (χ1n) is 10.4. The van der Waals surface area contributed by atoms with E-state index in [0.29, 0.717) is 17.9 Å². The zero-order valence-corrected chi connectivity index (χ0v) is 18.5. The summed E-state index contributed by atoms with van der Waals surface area (Å²) < 4.78 is 52.5. The van der Waals surface area contributed by atoms with Crippen LogP contribution in [0.3, 0.4) is 0 Å². The Balaban J connectivity index is 2.21. The van der Waals surface area contributed by atoms with Crippen LogP contribution >= 0.6 is 0 Å². The third-order valence-electron chi connectivity index (χ3n) is 5.61. The number of benzene rings is 2. The molecule has 7 nitrogen and oxygen atoms in total. The number of carbonyl (C=O) groups is 2. The second-order valence-electron chi connectivity index (χ2n) is 7.55. The van der Waals surface area contributed by atoms with Gasteiger partial charge in [0.15, 0.2) is 6.10 Å². The third kappa shape index (κ3) is 5.22. The van der Waals surface area contributed by atoms with Crippen LogP contribution in [0.1, 0.15) is 22.6 Å². The van der Waals surface area contributed by atoms with Crippen LogP contribution in [0.4, 0.5) is 23.7 Å². The van der Waals surface area contributed by atoms with E-state index >= 15 is 0 Å². The molecule has 0 saturated carbocycles. The highest BCUT2D eigenvalue weighted by Gasteiger charge is 2.44. The van der Waals surface area contributed by atoms with Gasteiger partial charge in [-0.25, -0.2) is 4.79 Å². The lowest BCUT2D eigenvalue weighted by atomic mass is 9.86. The first kappa shape index (κ1) is 24.4. The van der Waals surface area contributed by atoms with Gasteiger partial charge in [0, 0.05) is 31.7 Å². The first-order valence-corrected chi connectivity index (χ1v) is 10.4. The smallest absolute Gasteiger partial charge is 0.416 e. The lowest BCUT2D eigenvalue weighted by Gasteiger charge is -2.28. The van der Waals surface area contributed by atoms with E-state index in [1.807, 2.05) is 0 Å². The molecular formula is C23H26F3N3O4. The van der Waals surface area contributed by atoms with Crippen LogP contribution in [-0.4, -0.2) is 52.4 Å². The van der Waals surface area contributed by atoms with Gasteiger partial charge in [0.2, 0.25) is 0 Å². The molecule has 0 saturated heterocycles. The summed E-state index contributed by atoms with van der Waals surface area (Å²) in [6, 6.07) is 10.4. The molecule has 0 fully saturated rings. The van der Waals surface area contributed by atoms with E-state index < -0.39 is 35.8 Å². The molecule has 2 aromatic carbocycles. The van der Waals surface area contributed by atoms with Crippen LogP contribution in [-0.2, 0) is 22.1 Å². The van der Waals surface area contributed by atoms with Gasteiger partial charge >= 0.3 is 12.3 Å². The number of nitrogens with zero attached hydrogens (tertiary/aromatic N) is 1. The van der Waals surface area contributed by atoms with E-state index in [2.05, 4.69) is 10.6 Å². The molecule has 0 aliphatic carbocycles. The van der Waals surface area contributed by atoms with Gasteiger partial charge in [-0.15, -0.1) is 0 Å². The Morgan fingerprint density at radius 2 is 1.85 bits per heavy atom. The molecule has 2 atom stereocenters. The van der Waals surface area contributed by atoms with E-state index in [9.17, 15) is 22.8 Å². The normalized spacial score (nSPS) is 18.4. The van der Waals surface area contributed by atoms with Crippen LogP contribution in [0.5, 0.6) is 5.75 Å². The van der Waals surface area contributed by atoms with Gasteiger partial charge in [-0.1, -0.05) is 18.2 Å². The Kier molecular flexibility index (Phi) is 7.47. The number of hydrogen-bond acceptors (Lipinski definition) is 5. The molecule has 0 unspecified atom stereocenters. The highest BCUT2D eigenvalue weighted by molar-refractivity contribution is 6.00. The Bertz CT molecular complexity index is 995. The first-order chi connectivity index (χ1) is 15.7. The maximum absolute atomic E-state index is 13.9. The van der Waals surface area contributed by atoms with Gasteiger partial charge in [-0.2, -0.15) is 13.2 Å². The molecule has 0 radical (unpaired) electrons. The number of likely N-dealkylation sites (N-methyl/N-ethyl adjacent to an activating group) is 1. The molecule has 0 bridgehead atoms. The number of alkyl halides is 3. The number of alkyl carbamates (subject to hydrolysis) is 1. The van der Waals surface area contributed by atoms with Gasteiger partial charge in [-0.05, 0) is 48.9 Å². The Hall–Kier alpha value is -3.27. The van der Waals surface area contributed by atoms with Crippen LogP contribution in [0, 0.1) is 0 Å². The van der Waals surface area contributed by atoms with E-state index in [1.54, 1.807) is 31.3 Å². The minimum absolute atomic E-state index is 0.0155. The van der Waals surface area contributed by atoms with Gasteiger partial charge in [0.25, 0.3) is 5.91 Å². The average molecular weight is 465 g/mol. The second-order valence-corrected chi connectivity index (χ2v) is 7.55. The molecule has 1 aliphatic rings. The molecule has 3 rings (SSSR count). The molecular weight excluding hydrogens is 439 g/mol. The van der Waals surface area contributed by atoms with E-state index in [0.717, 1.165) is 6.07 Å². The lowest BCUT2D eigenvalue weighted by molar-refractivity contribution is -0.138. The molecule has 2 N–H and O–H groups in total. The van der Waals surface area contributed by atoms with E-state index in [1.165, 1.54) is 31.2 Å². The molecule has 1 heterocycles. The second kappa shape index (κ2) is 10.1. The summed E-state index contributed by atoms with van der Waals surface area (Å²) >= 11 is 0. The molecule has 2 aromatic rings. The number of fused-ring (bicyclic) bond motifs is 1. The number of nitrogens with one attached hydrogen (secondary N) is 2. The number of amides is 2. The number of anilines is 1. The van der Waals surface area contributed by atoms with Gasteiger partial charge in [-0.3, -0.25) is 4.79 Å². The summed E-state index contributed by atoms with van der Waals surface area (Å²) in [6.45, 7) is 0.438. The maximum atomic E-state index is 13.9. The number of methoxy groups -OCH3 is 1. The molecule has 2 amide bonds. The molecule has 10 heteroatoms. The molecule has 33 heavy (non-hydrogen) atoms. The maximum Gasteiger partial charge on any atom is 0.416 e. The molecule has 1 aliphatic heterocycles. The predicted octanol–water partition coefficient (Wildman–Crippen LogP) is 3.33. The highest BCUT2D eigenvalue weighted by Crippen LogP contribution is 2.42. The average Bonchev–Trinajstić information content (AvgIpc) is 2.91. The Morgan fingerprint density at radius 1 is 1.15 bits per heavy atom. The van der Waals surface area contributed by atoms with Crippen molar-refractivity contribution in [2.75, 3.05) is 39.2 Å². The van der Waals surface area contributed by atoms with E-state index in [-0.39, 0.29) is 24.2 Å². The highest BCUT2D eigenvalue weighted by atomic mass is 19.4. The number of hydrogen-bond donors (Lipinski definition) is 2. The van der Waals surface area contributed by atoms with Crippen molar-refractivity contribution in [1.29, 1.82) is 0 Å². The van der Waals surface area contributed by atoms with Gasteiger partial charge in [0.05, 0.1) is 12.7 Å². The quantitative estimate of drug-likeness (QED) is 0.684. The fraction of sp³-hybridized carbons (Fsp3) is 0.391. The largest absolute Gasteiger partial charge is 0.497 e. The van der Waals surface area contributed by atoms with Crippen LogP contribution in [0.25, 0.3) is 0 Å². The van der Waals surface area contributed by atoms with Crippen LogP contribution in [0.15, 0.2) is 42.5 Å². The predicted molar refractivity (Wildman–Crippen MR) is 116 cm³/mol. The van der Waals surface area contributed by atoms with Crippen molar-refractivity contribution in [2.45, 2.75) is 24.6 Å². The van der Waals surface area contributed by atoms with Gasteiger partial charge < -0.3 is 25.0 Å². The van der Waals surface area contributed by atoms with Crippen molar-refractivity contribution >= 4 is 17.7 Å². The number of rotatable bonds is 6. The molecule has 178 valence electrons. The minimum atomic E-state index is -4.62. The number of carbonyl (C=O) groups excluding carboxylic acids is 2. The molecule has 0 spiro atoms. The zero-order valence-electron chi connectivity index (χ0n) is 18.5. The Morgan fingerprint density at radius 3 is 2.42 bits per heavy atom. The van der Waals surface area contributed by atoms with Crippen molar-refractivity contribution in [2.24, 2.45) is 0 Å².